The molecule has 2 rings (SSSR count). The van der Waals surface area contributed by atoms with Crippen LogP contribution in [-0.4, -0.2) is 22.7 Å². The summed E-state index contributed by atoms with van der Waals surface area (Å²) in [6.45, 7) is 10.2. The highest BCUT2D eigenvalue weighted by molar-refractivity contribution is 7.15. The van der Waals surface area contributed by atoms with E-state index in [1.54, 1.807) is 0 Å². The Bertz CT molecular complexity index is 674. The number of carbonyl (C=O) groups is 1. The Morgan fingerprint density at radius 2 is 2.00 bits per heavy atom. The van der Waals surface area contributed by atoms with E-state index in [1.807, 2.05) is 26.0 Å². The van der Waals surface area contributed by atoms with Gasteiger partial charge in [0, 0.05) is 0 Å². The summed E-state index contributed by atoms with van der Waals surface area (Å²) in [6, 6.07) is 6.00. The van der Waals surface area contributed by atoms with Crippen LogP contribution < -0.4 is 10.1 Å². The maximum atomic E-state index is 11.9. The molecule has 0 atom stereocenters. The fourth-order valence-corrected chi connectivity index (χ4v) is 2.61. The average molecular weight is 319 g/mol. The van der Waals surface area contributed by atoms with Gasteiger partial charge in [0.1, 0.15) is 10.8 Å². The Balaban J connectivity index is 2.03. The number of anilines is 1. The molecule has 22 heavy (non-hydrogen) atoms. The molecule has 1 N–H and O–H groups in total. The van der Waals surface area contributed by atoms with E-state index in [1.165, 1.54) is 16.9 Å². The Hall–Kier alpha value is -1.95. The standard InChI is InChI=1S/C16H21N3O2S/c1-10-6-7-13(12(8-10)16(3,4)5)21-9-14(20)17-15-19-18-11(2)22-15/h6-8H,9H2,1-5H3,(H,17,19,20). The third-order valence-electron chi connectivity index (χ3n) is 3.07. The highest BCUT2D eigenvalue weighted by atomic mass is 32.1. The number of ether oxygens (including phenoxy) is 1. The third kappa shape index (κ3) is 4.27. The van der Waals surface area contributed by atoms with E-state index >= 15 is 0 Å². The van der Waals surface area contributed by atoms with Crippen molar-refractivity contribution >= 4 is 22.4 Å². The zero-order valence-corrected chi connectivity index (χ0v) is 14.4. The minimum absolute atomic E-state index is 0.0475. The van der Waals surface area contributed by atoms with Crippen molar-refractivity contribution in [3.8, 4) is 5.75 Å². The number of aryl methyl sites for hydroxylation is 2. The van der Waals surface area contributed by atoms with Gasteiger partial charge in [-0.2, -0.15) is 0 Å². The summed E-state index contributed by atoms with van der Waals surface area (Å²) in [7, 11) is 0. The molecule has 0 saturated heterocycles. The summed E-state index contributed by atoms with van der Waals surface area (Å²) < 4.78 is 5.70. The first-order valence-electron chi connectivity index (χ1n) is 7.09. The van der Waals surface area contributed by atoms with Crippen LogP contribution in [0.3, 0.4) is 0 Å². The molecule has 5 nitrogen and oxygen atoms in total. The second-order valence-corrected chi connectivity index (χ2v) is 7.39. The van der Waals surface area contributed by atoms with Crippen molar-refractivity contribution in [2.75, 3.05) is 11.9 Å². The van der Waals surface area contributed by atoms with Gasteiger partial charge in [-0.1, -0.05) is 49.8 Å². The van der Waals surface area contributed by atoms with Crippen LogP contribution in [0, 0.1) is 13.8 Å². The zero-order chi connectivity index (χ0) is 16.3. The van der Waals surface area contributed by atoms with Crippen LogP contribution >= 0.6 is 11.3 Å². The number of hydrogen-bond acceptors (Lipinski definition) is 5. The van der Waals surface area contributed by atoms with Gasteiger partial charge < -0.3 is 4.74 Å². The van der Waals surface area contributed by atoms with Gasteiger partial charge in [-0.05, 0) is 30.9 Å². The van der Waals surface area contributed by atoms with Crippen molar-refractivity contribution in [2.24, 2.45) is 0 Å². The first kappa shape index (κ1) is 16.4. The van der Waals surface area contributed by atoms with Gasteiger partial charge in [0.05, 0.1) is 0 Å². The molecule has 2 aromatic rings. The normalized spacial score (nSPS) is 11.3. The van der Waals surface area contributed by atoms with Gasteiger partial charge in [0.25, 0.3) is 5.91 Å². The molecule has 0 radical (unpaired) electrons. The largest absolute Gasteiger partial charge is 0.483 e. The average Bonchev–Trinajstić information content (AvgIpc) is 2.81. The molecule has 0 saturated carbocycles. The number of aromatic nitrogens is 2. The highest BCUT2D eigenvalue weighted by Crippen LogP contribution is 2.32. The van der Waals surface area contributed by atoms with Crippen molar-refractivity contribution in [3.63, 3.8) is 0 Å². The molecule has 1 aromatic carbocycles. The molecule has 1 heterocycles. The van der Waals surface area contributed by atoms with Gasteiger partial charge in [0.2, 0.25) is 5.13 Å². The molecule has 6 heteroatoms. The fraction of sp³-hybridized carbons (Fsp3) is 0.438. The van der Waals surface area contributed by atoms with Crippen LogP contribution in [0.25, 0.3) is 0 Å². The van der Waals surface area contributed by atoms with E-state index in [0.29, 0.717) is 5.13 Å². The SMILES string of the molecule is Cc1ccc(OCC(=O)Nc2nnc(C)s2)c(C(C)(C)C)c1. The predicted octanol–water partition coefficient (Wildman–Crippen LogP) is 3.47. The molecular weight excluding hydrogens is 298 g/mol. The van der Waals surface area contributed by atoms with Crippen molar-refractivity contribution in [2.45, 2.75) is 40.0 Å². The fourth-order valence-electron chi connectivity index (χ4n) is 2.00. The summed E-state index contributed by atoms with van der Waals surface area (Å²) in [4.78, 5) is 11.9. The van der Waals surface area contributed by atoms with Crippen LogP contribution in [0.5, 0.6) is 5.75 Å². The van der Waals surface area contributed by atoms with Crippen LogP contribution in [0.2, 0.25) is 0 Å². The summed E-state index contributed by atoms with van der Waals surface area (Å²) in [5, 5.41) is 11.7. The first-order chi connectivity index (χ1) is 10.3. The van der Waals surface area contributed by atoms with E-state index in [0.717, 1.165) is 16.3 Å². The lowest BCUT2D eigenvalue weighted by Crippen LogP contribution is -2.22. The lowest BCUT2D eigenvalue weighted by molar-refractivity contribution is -0.118. The number of carbonyl (C=O) groups excluding carboxylic acids is 1. The van der Waals surface area contributed by atoms with Gasteiger partial charge in [-0.25, -0.2) is 0 Å². The topological polar surface area (TPSA) is 64.1 Å². The van der Waals surface area contributed by atoms with Gasteiger partial charge in [0.15, 0.2) is 6.61 Å². The molecule has 0 bridgehead atoms. The van der Waals surface area contributed by atoms with Crippen molar-refractivity contribution in [1.82, 2.24) is 10.2 Å². The molecule has 0 aliphatic carbocycles. The molecule has 1 aromatic heterocycles. The molecule has 118 valence electrons. The number of amides is 1. The van der Waals surface area contributed by atoms with E-state index in [9.17, 15) is 4.79 Å². The maximum absolute atomic E-state index is 11.9. The molecule has 0 aliphatic rings. The van der Waals surface area contributed by atoms with Crippen LogP contribution in [0.1, 0.15) is 36.9 Å². The van der Waals surface area contributed by atoms with E-state index < -0.39 is 0 Å². The van der Waals surface area contributed by atoms with E-state index in [2.05, 4.69) is 42.4 Å². The quantitative estimate of drug-likeness (QED) is 0.937. The second-order valence-electron chi connectivity index (χ2n) is 6.21. The van der Waals surface area contributed by atoms with Crippen molar-refractivity contribution < 1.29 is 9.53 Å². The summed E-state index contributed by atoms with van der Waals surface area (Å²) in [6.07, 6.45) is 0. The molecule has 0 unspecified atom stereocenters. The molecular formula is C16H21N3O2S. The third-order valence-corrected chi connectivity index (χ3v) is 3.83. The zero-order valence-electron chi connectivity index (χ0n) is 13.6. The number of hydrogen-bond donors (Lipinski definition) is 1. The molecule has 0 aliphatic heterocycles. The lowest BCUT2D eigenvalue weighted by atomic mass is 9.85. The minimum Gasteiger partial charge on any atom is -0.483 e. The summed E-state index contributed by atoms with van der Waals surface area (Å²) in [5.41, 5.74) is 2.21. The molecule has 0 fully saturated rings. The number of benzene rings is 1. The van der Waals surface area contributed by atoms with E-state index in [-0.39, 0.29) is 17.9 Å². The first-order valence-corrected chi connectivity index (χ1v) is 7.91. The Morgan fingerprint density at radius 3 is 2.59 bits per heavy atom. The van der Waals surface area contributed by atoms with Gasteiger partial charge in [-0.3, -0.25) is 10.1 Å². The van der Waals surface area contributed by atoms with Crippen LogP contribution in [0.4, 0.5) is 5.13 Å². The number of nitrogens with zero attached hydrogens (tertiary/aromatic N) is 2. The minimum atomic E-state index is -0.239. The number of nitrogens with one attached hydrogen (secondary N) is 1. The Kier molecular flexibility index (Phi) is 4.81. The van der Waals surface area contributed by atoms with Crippen LogP contribution in [0.15, 0.2) is 18.2 Å². The second kappa shape index (κ2) is 6.44. The summed E-state index contributed by atoms with van der Waals surface area (Å²) >= 11 is 1.34. The molecule has 0 spiro atoms. The number of rotatable bonds is 4. The van der Waals surface area contributed by atoms with E-state index in [4.69, 9.17) is 4.74 Å². The smallest absolute Gasteiger partial charge is 0.264 e. The van der Waals surface area contributed by atoms with Crippen LogP contribution in [-0.2, 0) is 10.2 Å². The maximum Gasteiger partial charge on any atom is 0.264 e. The van der Waals surface area contributed by atoms with Gasteiger partial charge in [-0.15, -0.1) is 10.2 Å². The monoisotopic (exact) mass is 319 g/mol. The van der Waals surface area contributed by atoms with Crippen molar-refractivity contribution in [1.29, 1.82) is 0 Å². The van der Waals surface area contributed by atoms with Crippen molar-refractivity contribution in [3.05, 3.63) is 34.3 Å². The molecule has 1 amide bonds. The Labute approximate surface area is 134 Å². The summed E-state index contributed by atoms with van der Waals surface area (Å²) in [5.74, 6) is 0.498. The lowest BCUT2D eigenvalue weighted by Gasteiger charge is -2.23. The Morgan fingerprint density at radius 1 is 1.27 bits per heavy atom. The predicted molar refractivity (Wildman–Crippen MR) is 88.6 cm³/mol. The highest BCUT2D eigenvalue weighted by Gasteiger charge is 2.19. The van der Waals surface area contributed by atoms with Gasteiger partial charge >= 0.3 is 0 Å².